The summed E-state index contributed by atoms with van der Waals surface area (Å²) in [6.45, 7) is 0.547. The van der Waals surface area contributed by atoms with E-state index in [4.69, 9.17) is 13.9 Å². The standard InChI is InChI=1S/C23H22N2O4S/c1-25(13-12-15-8-9-17(27-2)20(14-15)28-3)23(26)19-11-10-18(29-19)22-24-16-6-4-5-7-21(16)30-22/h4-11,14H,12-13H2,1-3H3. The van der Waals surface area contributed by atoms with E-state index in [1.807, 2.05) is 42.5 Å². The number of aromatic nitrogens is 1. The molecule has 2 aromatic carbocycles. The number of carbonyl (C=O) groups excluding carboxylic acids is 1. The van der Waals surface area contributed by atoms with Gasteiger partial charge in [0.15, 0.2) is 28.0 Å². The maximum atomic E-state index is 12.8. The topological polar surface area (TPSA) is 64.8 Å². The molecule has 4 aromatic rings. The molecule has 0 unspecified atom stereocenters. The summed E-state index contributed by atoms with van der Waals surface area (Å²) in [4.78, 5) is 19.0. The van der Waals surface area contributed by atoms with Gasteiger partial charge in [0.2, 0.25) is 0 Å². The fourth-order valence-electron chi connectivity index (χ4n) is 3.17. The Balaban J connectivity index is 1.43. The Labute approximate surface area is 178 Å². The second kappa shape index (κ2) is 8.59. The van der Waals surface area contributed by atoms with Gasteiger partial charge in [-0.3, -0.25) is 4.79 Å². The highest BCUT2D eigenvalue weighted by atomic mass is 32.1. The number of furan rings is 1. The minimum atomic E-state index is -0.164. The lowest BCUT2D eigenvalue weighted by atomic mass is 10.1. The van der Waals surface area contributed by atoms with Crippen LogP contribution < -0.4 is 9.47 Å². The van der Waals surface area contributed by atoms with E-state index in [9.17, 15) is 4.79 Å². The lowest BCUT2D eigenvalue weighted by molar-refractivity contribution is 0.0766. The molecule has 0 fully saturated rings. The van der Waals surface area contributed by atoms with Crippen LogP contribution in [0, 0.1) is 0 Å². The highest BCUT2D eigenvalue weighted by Gasteiger charge is 2.18. The van der Waals surface area contributed by atoms with Crippen LogP contribution in [0.15, 0.2) is 59.0 Å². The molecule has 2 aromatic heterocycles. The van der Waals surface area contributed by atoms with Crippen molar-refractivity contribution in [1.29, 1.82) is 0 Å². The summed E-state index contributed by atoms with van der Waals surface area (Å²) in [5, 5.41) is 0.767. The number of likely N-dealkylation sites (N-methyl/N-ethyl adjacent to an activating group) is 1. The van der Waals surface area contributed by atoms with Crippen molar-refractivity contribution in [3.63, 3.8) is 0 Å². The van der Waals surface area contributed by atoms with Crippen LogP contribution in [-0.2, 0) is 6.42 Å². The van der Waals surface area contributed by atoms with E-state index in [0.29, 0.717) is 36.0 Å². The van der Waals surface area contributed by atoms with Crippen molar-refractivity contribution in [2.24, 2.45) is 0 Å². The number of hydrogen-bond acceptors (Lipinski definition) is 6. The smallest absolute Gasteiger partial charge is 0.289 e. The average Bonchev–Trinajstić information content (AvgIpc) is 3.43. The van der Waals surface area contributed by atoms with Gasteiger partial charge >= 0.3 is 0 Å². The van der Waals surface area contributed by atoms with Crippen molar-refractivity contribution in [1.82, 2.24) is 9.88 Å². The van der Waals surface area contributed by atoms with Crippen LogP contribution in [0.5, 0.6) is 11.5 Å². The van der Waals surface area contributed by atoms with Gasteiger partial charge in [-0.2, -0.15) is 0 Å². The quantitative estimate of drug-likeness (QED) is 0.424. The maximum absolute atomic E-state index is 12.8. The SMILES string of the molecule is COc1ccc(CCN(C)C(=O)c2ccc(-c3nc4ccccc4s3)o2)cc1OC. The number of ether oxygens (including phenoxy) is 2. The number of benzene rings is 2. The molecule has 0 aliphatic carbocycles. The molecule has 7 heteroatoms. The molecule has 0 radical (unpaired) electrons. The van der Waals surface area contributed by atoms with Crippen molar-refractivity contribution in [3.05, 3.63) is 65.9 Å². The molecule has 0 atom stereocenters. The van der Waals surface area contributed by atoms with Gasteiger partial charge in [-0.05, 0) is 48.4 Å². The molecule has 6 nitrogen and oxygen atoms in total. The first-order chi connectivity index (χ1) is 14.6. The van der Waals surface area contributed by atoms with E-state index in [2.05, 4.69) is 4.98 Å². The van der Waals surface area contributed by atoms with E-state index in [1.54, 1.807) is 49.6 Å². The molecule has 4 rings (SSSR count). The van der Waals surface area contributed by atoms with E-state index in [1.165, 1.54) is 0 Å². The minimum absolute atomic E-state index is 0.164. The lowest BCUT2D eigenvalue weighted by Crippen LogP contribution is -2.28. The van der Waals surface area contributed by atoms with Crippen LogP contribution in [0.4, 0.5) is 0 Å². The Bertz CT molecular complexity index is 1150. The molecule has 30 heavy (non-hydrogen) atoms. The number of para-hydroxylation sites is 1. The monoisotopic (exact) mass is 422 g/mol. The minimum Gasteiger partial charge on any atom is -0.493 e. The molecule has 154 valence electrons. The zero-order chi connectivity index (χ0) is 21.1. The van der Waals surface area contributed by atoms with Crippen LogP contribution in [0.25, 0.3) is 21.0 Å². The molecule has 0 N–H and O–H groups in total. The summed E-state index contributed by atoms with van der Waals surface area (Å²) in [6.07, 6.45) is 0.689. The lowest BCUT2D eigenvalue weighted by Gasteiger charge is -2.16. The van der Waals surface area contributed by atoms with Gasteiger partial charge in [0.1, 0.15) is 0 Å². The predicted molar refractivity (Wildman–Crippen MR) is 118 cm³/mol. The third-order valence-corrected chi connectivity index (χ3v) is 5.90. The highest BCUT2D eigenvalue weighted by molar-refractivity contribution is 7.21. The van der Waals surface area contributed by atoms with Crippen molar-refractivity contribution in [2.75, 3.05) is 27.8 Å². The van der Waals surface area contributed by atoms with Crippen LogP contribution in [0.2, 0.25) is 0 Å². The van der Waals surface area contributed by atoms with Gasteiger partial charge in [-0.25, -0.2) is 4.98 Å². The largest absolute Gasteiger partial charge is 0.493 e. The molecule has 0 bridgehead atoms. The number of rotatable bonds is 7. The number of amides is 1. The van der Waals surface area contributed by atoms with Gasteiger partial charge in [-0.15, -0.1) is 11.3 Å². The van der Waals surface area contributed by atoms with Gasteiger partial charge in [0.05, 0.1) is 24.4 Å². The average molecular weight is 423 g/mol. The summed E-state index contributed by atoms with van der Waals surface area (Å²) in [6, 6.07) is 17.2. The summed E-state index contributed by atoms with van der Waals surface area (Å²) in [7, 11) is 4.98. The molecule has 0 saturated carbocycles. The van der Waals surface area contributed by atoms with Crippen molar-refractivity contribution in [2.45, 2.75) is 6.42 Å². The number of thiazole rings is 1. The second-order valence-electron chi connectivity index (χ2n) is 6.82. The summed E-state index contributed by atoms with van der Waals surface area (Å²) in [5.74, 6) is 2.11. The molecule has 0 saturated heterocycles. The molecular weight excluding hydrogens is 400 g/mol. The van der Waals surface area contributed by atoms with Gasteiger partial charge < -0.3 is 18.8 Å². The second-order valence-corrected chi connectivity index (χ2v) is 7.85. The molecule has 0 aliphatic rings. The molecule has 0 aliphatic heterocycles. The van der Waals surface area contributed by atoms with Crippen molar-refractivity contribution >= 4 is 27.5 Å². The number of hydrogen-bond donors (Lipinski definition) is 0. The van der Waals surface area contributed by atoms with Crippen LogP contribution in [0.1, 0.15) is 16.1 Å². The van der Waals surface area contributed by atoms with Crippen LogP contribution in [-0.4, -0.2) is 43.6 Å². The van der Waals surface area contributed by atoms with Crippen LogP contribution >= 0.6 is 11.3 Å². The number of methoxy groups -OCH3 is 2. The molecular formula is C23H22N2O4S. The Morgan fingerprint density at radius 1 is 1.07 bits per heavy atom. The summed E-state index contributed by atoms with van der Waals surface area (Å²) < 4.78 is 17.5. The summed E-state index contributed by atoms with van der Waals surface area (Å²) in [5.41, 5.74) is 1.98. The van der Waals surface area contributed by atoms with Gasteiger partial charge in [0, 0.05) is 13.6 Å². The van der Waals surface area contributed by atoms with E-state index in [0.717, 1.165) is 20.8 Å². The van der Waals surface area contributed by atoms with E-state index >= 15 is 0 Å². The predicted octanol–water partition coefficient (Wildman–Crippen LogP) is 4.89. The first-order valence-corrected chi connectivity index (χ1v) is 10.3. The normalized spacial score (nSPS) is 10.9. The fourth-order valence-corrected chi connectivity index (χ4v) is 4.10. The molecule has 2 heterocycles. The zero-order valence-electron chi connectivity index (χ0n) is 17.0. The highest BCUT2D eigenvalue weighted by Crippen LogP contribution is 2.31. The number of carbonyl (C=O) groups is 1. The third-order valence-electron chi connectivity index (χ3n) is 4.85. The van der Waals surface area contributed by atoms with Crippen molar-refractivity contribution < 1.29 is 18.7 Å². The Hall–Kier alpha value is -3.32. The number of nitrogens with zero attached hydrogens (tertiary/aromatic N) is 2. The number of fused-ring (bicyclic) bond motifs is 1. The van der Waals surface area contributed by atoms with Crippen molar-refractivity contribution in [3.8, 4) is 22.3 Å². The molecule has 1 amide bonds. The fraction of sp³-hybridized carbons (Fsp3) is 0.217. The van der Waals surface area contributed by atoms with E-state index in [-0.39, 0.29) is 5.91 Å². The Kier molecular flexibility index (Phi) is 5.72. The van der Waals surface area contributed by atoms with Gasteiger partial charge in [0.25, 0.3) is 5.91 Å². The Morgan fingerprint density at radius 3 is 2.63 bits per heavy atom. The van der Waals surface area contributed by atoms with Crippen LogP contribution in [0.3, 0.4) is 0 Å². The first kappa shape index (κ1) is 20.0. The molecule has 0 spiro atoms. The zero-order valence-corrected chi connectivity index (χ0v) is 17.9. The third kappa shape index (κ3) is 4.02. The Morgan fingerprint density at radius 2 is 1.87 bits per heavy atom. The van der Waals surface area contributed by atoms with E-state index < -0.39 is 0 Å². The van der Waals surface area contributed by atoms with Gasteiger partial charge in [-0.1, -0.05) is 18.2 Å². The maximum Gasteiger partial charge on any atom is 0.289 e. The summed E-state index contributed by atoms with van der Waals surface area (Å²) >= 11 is 1.55. The first-order valence-electron chi connectivity index (χ1n) is 9.51.